The highest BCUT2D eigenvalue weighted by Gasteiger charge is 2.21. The third-order valence-corrected chi connectivity index (χ3v) is 4.27. The minimum Gasteiger partial charge on any atom is -0.295 e. The van der Waals surface area contributed by atoms with E-state index in [4.69, 9.17) is 0 Å². The van der Waals surface area contributed by atoms with Gasteiger partial charge in [0.05, 0.1) is 5.69 Å². The molecule has 0 aromatic carbocycles. The van der Waals surface area contributed by atoms with Crippen LogP contribution in [0.4, 0.5) is 0 Å². The van der Waals surface area contributed by atoms with E-state index >= 15 is 0 Å². The second kappa shape index (κ2) is 6.86. The number of hydrogen-bond donors (Lipinski definition) is 0. The van der Waals surface area contributed by atoms with Crippen LogP contribution in [-0.4, -0.2) is 27.8 Å². The molecule has 1 fully saturated rings. The van der Waals surface area contributed by atoms with Gasteiger partial charge in [0, 0.05) is 28.6 Å². The van der Waals surface area contributed by atoms with Crippen LogP contribution in [0.1, 0.15) is 31.4 Å². The normalized spacial score (nSPS) is 21.6. The van der Waals surface area contributed by atoms with Crippen LogP contribution >= 0.6 is 31.9 Å². The highest BCUT2D eigenvalue weighted by molar-refractivity contribution is 9.10. The molecule has 4 heteroatoms. The average Bonchev–Trinajstić information content (AvgIpc) is 2.35. The third-order valence-electron chi connectivity index (χ3n) is 3.35. The van der Waals surface area contributed by atoms with Crippen molar-refractivity contribution in [2.24, 2.45) is 0 Å². The van der Waals surface area contributed by atoms with Crippen LogP contribution < -0.4 is 0 Å². The lowest BCUT2D eigenvalue weighted by atomic mass is 10.00. The topological polar surface area (TPSA) is 16.1 Å². The minimum atomic E-state index is 0.730. The number of likely N-dealkylation sites (tertiary alicyclic amines) is 1. The first-order valence-corrected chi connectivity index (χ1v) is 8.11. The zero-order valence-electron chi connectivity index (χ0n) is 9.91. The Bertz CT molecular complexity index is 338. The van der Waals surface area contributed by atoms with E-state index in [0.29, 0.717) is 0 Å². The monoisotopic (exact) mass is 360 g/mol. The Balaban J connectivity index is 1.97. The number of piperidine rings is 1. The Hall–Kier alpha value is 0.0700. The molecule has 0 radical (unpaired) electrons. The van der Waals surface area contributed by atoms with Crippen LogP contribution in [0.25, 0.3) is 0 Å². The molecular weight excluding hydrogens is 344 g/mol. The molecule has 1 atom stereocenters. The summed E-state index contributed by atoms with van der Waals surface area (Å²) < 4.78 is 1.05. The number of halogens is 2. The molecule has 94 valence electrons. The SMILES string of the molecule is BrCCC1CCCCN1Cc1ccc(Br)cn1. The summed E-state index contributed by atoms with van der Waals surface area (Å²) in [5, 5.41) is 1.10. The number of nitrogens with zero attached hydrogens (tertiary/aromatic N) is 2. The highest BCUT2D eigenvalue weighted by Crippen LogP contribution is 2.22. The zero-order valence-corrected chi connectivity index (χ0v) is 13.1. The molecule has 1 aromatic heterocycles. The summed E-state index contributed by atoms with van der Waals surface area (Å²) in [5.41, 5.74) is 1.18. The number of alkyl halides is 1. The number of hydrogen-bond acceptors (Lipinski definition) is 2. The van der Waals surface area contributed by atoms with Gasteiger partial charge >= 0.3 is 0 Å². The van der Waals surface area contributed by atoms with Gasteiger partial charge in [0.15, 0.2) is 0 Å². The Morgan fingerprint density at radius 2 is 2.24 bits per heavy atom. The van der Waals surface area contributed by atoms with E-state index < -0.39 is 0 Å². The minimum absolute atomic E-state index is 0.730. The van der Waals surface area contributed by atoms with Gasteiger partial charge in [-0.1, -0.05) is 22.4 Å². The van der Waals surface area contributed by atoms with Gasteiger partial charge < -0.3 is 0 Å². The fraction of sp³-hybridized carbons (Fsp3) is 0.615. The summed E-state index contributed by atoms with van der Waals surface area (Å²) in [6.07, 6.45) is 7.18. The van der Waals surface area contributed by atoms with Gasteiger partial charge in [0.25, 0.3) is 0 Å². The van der Waals surface area contributed by atoms with Crippen LogP contribution in [0, 0.1) is 0 Å². The predicted molar refractivity (Wildman–Crippen MR) is 78.4 cm³/mol. The van der Waals surface area contributed by atoms with Crippen molar-refractivity contribution in [2.45, 2.75) is 38.3 Å². The van der Waals surface area contributed by atoms with Crippen molar-refractivity contribution in [3.63, 3.8) is 0 Å². The van der Waals surface area contributed by atoms with Crippen molar-refractivity contribution >= 4 is 31.9 Å². The molecule has 0 bridgehead atoms. The van der Waals surface area contributed by atoms with Crippen molar-refractivity contribution in [2.75, 3.05) is 11.9 Å². The fourth-order valence-electron chi connectivity index (χ4n) is 2.43. The molecule has 1 aromatic rings. The maximum atomic E-state index is 4.47. The van der Waals surface area contributed by atoms with Crippen LogP contribution in [0.2, 0.25) is 0 Å². The van der Waals surface area contributed by atoms with Crippen LogP contribution in [0.15, 0.2) is 22.8 Å². The van der Waals surface area contributed by atoms with Crippen molar-refractivity contribution in [1.82, 2.24) is 9.88 Å². The fourth-order valence-corrected chi connectivity index (χ4v) is 3.19. The predicted octanol–water partition coefficient (Wildman–Crippen LogP) is 3.98. The van der Waals surface area contributed by atoms with Crippen LogP contribution in [-0.2, 0) is 6.54 Å². The standard InChI is InChI=1S/C13H18Br2N2/c14-7-6-13-3-1-2-8-17(13)10-12-5-4-11(15)9-16-12/h4-5,9,13H,1-3,6-8,10H2. The first-order valence-electron chi connectivity index (χ1n) is 6.20. The number of aromatic nitrogens is 1. The molecule has 0 saturated carbocycles. The summed E-state index contributed by atoms with van der Waals surface area (Å²) in [4.78, 5) is 7.05. The van der Waals surface area contributed by atoms with Crippen LogP contribution in [0.5, 0.6) is 0 Å². The first-order chi connectivity index (χ1) is 8.29. The smallest absolute Gasteiger partial charge is 0.0544 e. The Kier molecular flexibility index (Phi) is 5.45. The molecule has 0 spiro atoms. The van der Waals surface area contributed by atoms with Gasteiger partial charge in [-0.2, -0.15) is 0 Å². The quantitative estimate of drug-likeness (QED) is 0.754. The number of rotatable bonds is 4. The van der Waals surface area contributed by atoms with Gasteiger partial charge in [-0.15, -0.1) is 0 Å². The molecular formula is C13H18Br2N2. The van der Waals surface area contributed by atoms with Gasteiger partial charge in [-0.05, 0) is 53.9 Å². The second-order valence-electron chi connectivity index (χ2n) is 4.57. The van der Waals surface area contributed by atoms with Crippen molar-refractivity contribution in [3.8, 4) is 0 Å². The summed E-state index contributed by atoms with van der Waals surface area (Å²) in [7, 11) is 0. The van der Waals surface area contributed by atoms with Crippen molar-refractivity contribution < 1.29 is 0 Å². The summed E-state index contributed by atoms with van der Waals surface area (Å²) in [6, 6.07) is 4.92. The molecule has 17 heavy (non-hydrogen) atoms. The second-order valence-corrected chi connectivity index (χ2v) is 6.27. The Morgan fingerprint density at radius 3 is 2.94 bits per heavy atom. The Morgan fingerprint density at radius 1 is 1.35 bits per heavy atom. The maximum absolute atomic E-state index is 4.47. The van der Waals surface area contributed by atoms with Gasteiger partial charge in [-0.25, -0.2) is 0 Å². The van der Waals surface area contributed by atoms with Gasteiger partial charge in [0.1, 0.15) is 0 Å². The molecule has 0 amide bonds. The van der Waals surface area contributed by atoms with E-state index in [-0.39, 0.29) is 0 Å². The zero-order chi connectivity index (χ0) is 12.1. The van der Waals surface area contributed by atoms with E-state index in [9.17, 15) is 0 Å². The van der Waals surface area contributed by atoms with Gasteiger partial charge in [-0.3, -0.25) is 9.88 Å². The third kappa shape index (κ3) is 4.04. The lowest BCUT2D eigenvalue weighted by molar-refractivity contribution is 0.135. The molecule has 1 aliphatic heterocycles. The lowest BCUT2D eigenvalue weighted by Crippen LogP contribution is -2.39. The Labute approximate surface area is 120 Å². The number of pyridine rings is 1. The van der Waals surface area contributed by atoms with E-state index in [1.165, 1.54) is 37.9 Å². The molecule has 1 unspecified atom stereocenters. The largest absolute Gasteiger partial charge is 0.295 e. The molecule has 2 nitrogen and oxygen atoms in total. The highest BCUT2D eigenvalue weighted by atomic mass is 79.9. The van der Waals surface area contributed by atoms with Crippen molar-refractivity contribution in [1.29, 1.82) is 0 Å². The molecule has 0 N–H and O–H groups in total. The molecule has 2 heterocycles. The molecule has 1 saturated heterocycles. The van der Waals surface area contributed by atoms with E-state index in [1.54, 1.807) is 0 Å². The molecule has 1 aliphatic rings. The molecule has 0 aliphatic carbocycles. The first kappa shape index (κ1) is 13.5. The van der Waals surface area contributed by atoms with E-state index in [2.05, 4.69) is 53.9 Å². The van der Waals surface area contributed by atoms with Gasteiger partial charge in [0.2, 0.25) is 0 Å². The maximum Gasteiger partial charge on any atom is 0.0544 e. The van der Waals surface area contributed by atoms with E-state index in [1.807, 2.05) is 6.20 Å². The van der Waals surface area contributed by atoms with E-state index in [0.717, 1.165) is 22.4 Å². The summed E-state index contributed by atoms with van der Waals surface area (Å²) in [6.45, 7) is 2.21. The van der Waals surface area contributed by atoms with Crippen molar-refractivity contribution in [3.05, 3.63) is 28.5 Å². The molecule has 2 rings (SSSR count). The lowest BCUT2D eigenvalue weighted by Gasteiger charge is -2.35. The average molecular weight is 362 g/mol. The summed E-state index contributed by atoms with van der Waals surface area (Å²) >= 11 is 6.98. The van der Waals surface area contributed by atoms with Crippen LogP contribution in [0.3, 0.4) is 0 Å². The summed E-state index contributed by atoms with van der Waals surface area (Å²) in [5.74, 6) is 0.